The van der Waals surface area contributed by atoms with Gasteiger partial charge in [0.25, 0.3) is 0 Å². The molecule has 0 bridgehead atoms. The van der Waals surface area contributed by atoms with Crippen LogP contribution in [0.4, 0.5) is 32.3 Å². The van der Waals surface area contributed by atoms with Crippen LogP contribution in [0.3, 0.4) is 0 Å². The zero-order chi connectivity index (χ0) is 26.9. The summed E-state index contributed by atoms with van der Waals surface area (Å²) in [6.45, 7) is 2.74. The van der Waals surface area contributed by atoms with Gasteiger partial charge in [-0.3, -0.25) is 4.90 Å². The number of ether oxygens (including phenoxy) is 1. The Morgan fingerprint density at radius 2 is 1.89 bits per heavy atom. The lowest BCUT2D eigenvalue weighted by atomic mass is 9.80. The van der Waals surface area contributed by atoms with Gasteiger partial charge >= 0.3 is 18.3 Å². The van der Waals surface area contributed by atoms with E-state index in [4.69, 9.17) is 19.6 Å². The van der Waals surface area contributed by atoms with Gasteiger partial charge in [0, 0.05) is 38.9 Å². The molecule has 1 saturated heterocycles. The van der Waals surface area contributed by atoms with E-state index < -0.39 is 29.6 Å². The molecule has 1 aromatic heterocycles. The van der Waals surface area contributed by atoms with Crippen LogP contribution in [-0.2, 0) is 34.3 Å². The largest absolute Gasteiger partial charge is 0.507 e. The molecule has 1 aromatic carbocycles. The van der Waals surface area contributed by atoms with Crippen molar-refractivity contribution in [1.29, 1.82) is 0 Å². The first-order chi connectivity index (χ1) is 16.6. The summed E-state index contributed by atoms with van der Waals surface area (Å²) < 4.78 is 76.8. The van der Waals surface area contributed by atoms with Crippen LogP contribution in [0, 0.1) is 0 Å². The molecule has 0 saturated carbocycles. The van der Waals surface area contributed by atoms with Gasteiger partial charge in [-0.25, -0.2) is 14.8 Å². The SMILES string of the molecule is CN(C)c1ncc2c(n1)C1(CCN(Cc3ccc(O)c(C(F)(F)F)c3)C1)COC2.O=C(O)C(F)(F)F. The van der Waals surface area contributed by atoms with Crippen molar-refractivity contribution in [2.24, 2.45) is 0 Å². The van der Waals surface area contributed by atoms with Crippen LogP contribution in [0.25, 0.3) is 0 Å². The number of nitrogens with zero attached hydrogens (tertiary/aromatic N) is 4. The van der Waals surface area contributed by atoms with Gasteiger partial charge in [0.05, 0.1) is 29.9 Å². The van der Waals surface area contributed by atoms with E-state index in [2.05, 4.69) is 9.88 Å². The number of phenolic OH excluding ortho intramolecular Hbond substituents is 1. The lowest BCUT2D eigenvalue weighted by Gasteiger charge is -2.35. The number of anilines is 1. The van der Waals surface area contributed by atoms with E-state index in [0.29, 0.717) is 37.8 Å². The second-order valence-corrected chi connectivity index (χ2v) is 8.82. The molecular weight excluding hydrogens is 498 g/mol. The molecule has 2 aromatic rings. The maximum absolute atomic E-state index is 13.1. The summed E-state index contributed by atoms with van der Waals surface area (Å²) in [6.07, 6.45) is -7.05. The highest BCUT2D eigenvalue weighted by Crippen LogP contribution is 2.41. The number of aromatic nitrogens is 2. The normalized spacial score (nSPS) is 20.0. The minimum Gasteiger partial charge on any atom is -0.507 e. The van der Waals surface area contributed by atoms with Crippen molar-refractivity contribution in [3.05, 3.63) is 46.8 Å². The molecule has 36 heavy (non-hydrogen) atoms. The molecule has 0 amide bonds. The topological polar surface area (TPSA) is 99.0 Å². The van der Waals surface area contributed by atoms with E-state index in [1.165, 1.54) is 6.07 Å². The molecule has 1 atom stereocenters. The van der Waals surface area contributed by atoms with Gasteiger partial charge in [-0.1, -0.05) is 6.07 Å². The first-order valence-corrected chi connectivity index (χ1v) is 10.7. The number of carboxylic acids is 1. The number of halogens is 6. The molecule has 1 spiro atoms. The fraction of sp³-hybridized carbons (Fsp3) is 0.500. The lowest BCUT2D eigenvalue weighted by Crippen LogP contribution is -2.40. The zero-order valence-electron chi connectivity index (χ0n) is 19.3. The van der Waals surface area contributed by atoms with Crippen molar-refractivity contribution in [3.63, 3.8) is 0 Å². The smallest absolute Gasteiger partial charge is 0.490 e. The van der Waals surface area contributed by atoms with Crippen LogP contribution in [0.5, 0.6) is 5.75 Å². The number of phenols is 1. The average Bonchev–Trinajstić information content (AvgIpc) is 3.17. The predicted octanol–water partition coefficient (Wildman–Crippen LogP) is 3.57. The summed E-state index contributed by atoms with van der Waals surface area (Å²) in [4.78, 5) is 22.0. The Labute approximate surface area is 202 Å². The summed E-state index contributed by atoms with van der Waals surface area (Å²) in [5, 5.41) is 16.7. The second-order valence-electron chi connectivity index (χ2n) is 8.82. The standard InChI is InChI=1S/C20H23F3N4O2.C2HF3O2/c1-26(2)18-24-8-14-10-29-12-19(17(14)25-18)5-6-27(11-19)9-13-3-4-16(28)15(7-13)20(21,22)23;3-2(4,5)1(6)7/h3-4,7-8,28H,5-6,9-12H2,1-2H3;(H,6,7). The van der Waals surface area contributed by atoms with Gasteiger partial charge in [0.15, 0.2) is 0 Å². The number of aliphatic carboxylic acids is 1. The van der Waals surface area contributed by atoms with Crippen molar-refractivity contribution in [2.75, 3.05) is 38.7 Å². The Morgan fingerprint density at radius 3 is 2.47 bits per heavy atom. The van der Waals surface area contributed by atoms with Gasteiger partial charge in [0.2, 0.25) is 5.95 Å². The molecule has 198 valence electrons. The number of benzene rings is 1. The van der Waals surface area contributed by atoms with Crippen LogP contribution in [-0.4, -0.2) is 71.0 Å². The quantitative estimate of drug-likeness (QED) is 0.591. The molecule has 4 rings (SSSR count). The van der Waals surface area contributed by atoms with Gasteiger partial charge in [-0.05, 0) is 30.7 Å². The van der Waals surface area contributed by atoms with E-state index in [-0.39, 0.29) is 5.41 Å². The average molecular weight is 522 g/mol. The molecule has 3 heterocycles. The number of likely N-dealkylation sites (tertiary alicyclic amines) is 1. The van der Waals surface area contributed by atoms with Crippen LogP contribution >= 0.6 is 0 Å². The van der Waals surface area contributed by atoms with Crippen LogP contribution in [0.2, 0.25) is 0 Å². The molecule has 0 radical (unpaired) electrons. The first-order valence-electron chi connectivity index (χ1n) is 10.7. The molecular formula is C22H24F6N4O4. The summed E-state index contributed by atoms with van der Waals surface area (Å²) in [7, 11) is 3.77. The van der Waals surface area contributed by atoms with Gasteiger partial charge in [0.1, 0.15) is 5.75 Å². The van der Waals surface area contributed by atoms with Gasteiger partial charge in [-0.2, -0.15) is 26.3 Å². The molecule has 8 nitrogen and oxygen atoms in total. The lowest BCUT2D eigenvalue weighted by molar-refractivity contribution is -0.192. The third-order valence-corrected chi connectivity index (χ3v) is 5.84. The molecule has 2 aliphatic heterocycles. The highest BCUT2D eigenvalue weighted by atomic mass is 19.4. The predicted molar refractivity (Wildman–Crippen MR) is 114 cm³/mol. The van der Waals surface area contributed by atoms with Crippen molar-refractivity contribution >= 4 is 11.9 Å². The Kier molecular flexibility index (Phi) is 7.69. The Morgan fingerprint density at radius 1 is 1.22 bits per heavy atom. The number of hydrogen-bond donors (Lipinski definition) is 2. The zero-order valence-corrected chi connectivity index (χ0v) is 19.3. The maximum atomic E-state index is 13.1. The Balaban J connectivity index is 0.000000454. The fourth-order valence-electron chi connectivity index (χ4n) is 4.17. The van der Waals surface area contributed by atoms with E-state index in [1.807, 2.05) is 19.0 Å². The molecule has 14 heteroatoms. The number of aromatic hydroxyl groups is 1. The Hall–Kier alpha value is -3.13. The van der Waals surface area contributed by atoms with Crippen molar-refractivity contribution in [2.45, 2.75) is 37.3 Å². The highest BCUT2D eigenvalue weighted by Gasteiger charge is 2.45. The monoisotopic (exact) mass is 522 g/mol. The number of carbonyl (C=O) groups is 1. The number of rotatable bonds is 3. The number of fused-ring (bicyclic) bond motifs is 2. The highest BCUT2D eigenvalue weighted by molar-refractivity contribution is 5.73. The number of carboxylic acid groups (broad SMARTS) is 1. The summed E-state index contributed by atoms with van der Waals surface area (Å²) in [6, 6.07) is 3.67. The van der Waals surface area contributed by atoms with Crippen molar-refractivity contribution in [1.82, 2.24) is 14.9 Å². The molecule has 2 aliphatic rings. The van der Waals surface area contributed by atoms with Crippen molar-refractivity contribution in [3.8, 4) is 5.75 Å². The van der Waals surface area contributed by atoms with Crippen molar-refractivity contribution < 1.29 is 46.1 Å². The van der Waals surface area contributed by atoms with Gasteiger partial charge < -0.3 is 19.8 Å². The second kappa shape index (κ2) is 10.1. The molecule has 1 unspecified atom stereocenters. The van der Waals surface area contributed by atoms with E-state index in [1.54, 1.807) is 6.20 Å². The number of hydrogen-bond acceptors (Lipinski definition) is 7. The van der Waals surface area contributed by atoms with E-state index >= 15 is 0 Å². The van der Waals surface area contributed by atoms with Crippen LogP contribution < -0.4 is 4.90 Å². The third kappa shape index (κ3) is 6.16. The molecule has 0 aliphatic carbocycles. The molecule has 2 N–H and O–H groups in total. The van der Waals surface area contributed by atoms with E-state index in [0.717, 1.165) is 36.4 Å². The minimum absolute atomic E-state index is 0.287. The summed E-state index contributed by atoms with van der Waals surface area (Å²) in [5.41, 5.74) is 1.17. The summed E-state index contributed by atoms with van der Waals surface area (Å²) in [5.74, 6) is -2.87. The van der Waals surface area contributed by atoms with Crippen LogP contribution in [0.1, 0.15) is 28.8 Å². The molecule has 1 fully saturated rings. The van der Waals surface area contributed by atoms with Crippen LogP contribution in [0.15, 0.2) is 24.4 Å². The first kappa shape index (κ1) is 27.5. The fourth-order valence-corrected chi connectivity index (χ4v) is 4.17. The Bertz CT molecular complexity index is 1110. The summed E-state index contributed by atoms with van der Waals surface area (Å²) >= 11 is 0. The maximum Gasteiger partial charge on any atom is 0.490 e. The van der Waals surface area contributed by atoms with Gasteiger partial charge in [-0.15, -0.1) is 0 Å². The minimum atomic E-state index is -5.08. The third-order valence-electron chi connectivity index (χ3n) is 5.84. The number of alkyl halides is 6. The van der Waals surface area contributed by atoms with E-state index in [9.17, 15) is 31.4 Å².